The van der Waals surface area contributed by atoms with Gasteiger partial charge in [-0.1, -0.05) is 12.1 Å². The van der Waals surface area contributed by atoms with Crippen LogP contribution < -0.4 is 10.2 Å². The predicted octanol–water partition coefficient (Wildman–Crippen LogP) is 4.09. The largest absolute Gasteiger partial charge is 0.353 e. The topological polar surface area (TPSA) is 105 Å². The highest BCUT2D eigenvalue weighted by atomic mass is 19.1. The second-order valence-electron chi connectivity index (χ2n) is 8.17. The highest BCUT2D eigenvalue weighted by molar-refractivity contribution is 5.89. The molecule has 0 atom stereocenters. The monoisotopic (exact) mass is 464 g/mol. The van der Waals surface area contributed by atoms with E-state index >= 15 is 0 Å². The minimum Gasteiger partial charge on any atom is -0.353 e. The number of hydrogen-bond donors (Lipinski definition) is 1. The molecule has 1 aromatic heterocycles. The SMILES string of the molecule is Cc1nc(C)c(Cc2cccc(F)c2)c(N2CCN(C(=O)Nc3ccc([N+](=O)[O-])cc3)CC2)n1. The number of benzene rings is 2. The molecule has 3 aromatic rings. The number of piperazine rings is 1. The second-order valence-corrected chi connectivity index (χ2v) is 8.17. The van der Waals surface area contributed by atoms with Crippen LogP contribution in [0.1, 0.15) is 22.6 Å². The summed E-state index contributed by atoms with van der Waals surface area (Å²) in [4.78, 5) is 36.0. The first-order valence-corrected chi connectivity index (χ1v) is 10.9. The third kappa shape index (κ3) is 5.28. The Balaban J connectivity index is 1.44. The summed E-state index contributed by atoms with van der Waals surface area (Å²) < 4.78 is 13.7. The normalized spacial score (nSPS) is 13.6. The van der Waals surface area contributed by atoms with Crippen molar-refractivity contribution in [3.8, 4) is 0 Å². The Hall–Kier alpha value is -4.08. The van der Waals surface area contributed by atoms with Crippen LogP contribution >= 0.6 is 0 Å². The van der Waals surface area contributed by atoms with Crippen LogP contribution in [0.25, 0.3) is 0 Å². The Bertz CT molecular complexity index is 1210. The van der Waals surface area contributed by atoms with Crippen LogP contribution in [0, 0.1) is 29.8 Å². The van der Waals surface area contributed by atoms with Gasteiger partial charge in [0.2, 0.25) is 0 Å². The fourth-order valence-electron chi connectivity index (χ4n) is 4.03. The lowest BCUT2D eigenvalue weighted by molar-refractivity contribution is -0.384. The van der Waals surface area contributed by atoms with Crippen LogP contribution in [0.15, 0.2) is 48.5 Å². The highest BCUT2D eigenvalue weighted by Gasteiger charge is 2.25. The van der Waals surface area contributed by atoms with Gasteiger partial charge in [0, 0.05) is 61.7 Å². The molecule has 4 rings (SSSR count). The number of nitro benzene ring substituents is 1. The Morgan fingerprint density at radius 3 is 2.44 bits per heavy atom. The summed E-state index contributed by atoms with van der Waals surface area (Å²) in [5.74, 6) is 1.19. The number of amides is 2. The lowest BCUT2D eigenvalue weighted by atomic mass is 10.0. The molecule has 1 N–H and O–H groups in total. The Kier molecular flexibility index (Phi) is 6.67. The van der Waals surface area contributed by atoms with Gasteiger partial charge in [0.15, 0.2) is 0 Å². The van der Waals surface area contributed by atoms with E-state index in [9.17, 15) is 19.3 Å². The lowest BCUT2D eigenvalue weighted by Crippen LogP contribution is -2.50. The second kappa shape index (κ2) is 9.82. The van der Waals surface area contributed by atoms with E-state index in [1.54, 1.807) is 11.0 Å². The molecule has 1 aliphatic rings. The number of nitro groups is 1. The number of non-ortho nitro benzene ring substituents is 1. The van der Waals surface area contributed by atoms with E-state index in [2.05, 4.69) is 20.2 Å². The molecular formula is C24H25FN6O3. The summed E-state index contributed by atoms with van der Waals surface area (Å²) in [6.07, 6.45) is 0.514. The summed E-state index contributed by atoms with van der Waals surface area (Å²) in [7, 11) is 0. The number of halogens is 1. The number of carbonyl (C=O) groups is 1. The quantitative estimate of drug-likeness (QED) is 0.451. The minimum atomic E-state index is -0.482. The molecule has 0 unspecified atom stereocenters. The number of rotatable bonds is 5. The first kappa shape index (κ1) is 23.1. The average molecular weight is 465 g/mol. The molecule has 0 saturated carbocycles. The van der Waals surface area contributed by atoms with Gasteiger partial charge in [-0.3, -0.25) is 10.1 Å². The van der Waals surface area contributed by atoms with Crippen LogP contribution in [0.5, 0.6) is 0 Å². The van der Waals surface area contributed by atoms with Crippen molar-refractivity contribution in [2.24, 2.45) is 0 Å². The van der Waals surface area contributed by atoms with E-state index in [1.165, 1.54) is 36.4 Å². The Labute approximate surface area is 196 Å². The number of hydrogen-bond acceptors (Lipinski definition) is 6. The maximum Gasteiger partial charge on any atom is 0.321 e. The maximum atomic E-state index is 13.7. The van der Waals surface area contributed by atoms with E-state index in [-0.39, 0.29) is 17.5 Å². The van der Waals surface area contributed by atoms with E-state index < -0.39 is 4.92 Å². The van der Waals surface area contributed by atoms with Crippen molar-refractivity contribution in [2.45, 2.75) is 20.3 Å². The minimum absolute atomic E-state index is 0.0314. The Morgan fingerprint density at radius 1 is 1.09 bits per heavy atom. The molecule has 0 aliphatic carbocycles. The van der Waals surface area contributed by atoms with Crippen LogP contribution in [0.2, 0.25) is 0 Å². The molecule has 9 nitrogen and oxygen atoms in total. The van der Waals surface area contributed by atoms with Gasteiger partial charge in [0.05, 0.1) is 4.92 Å². The van der Waals surface area contributed by atoms with Gasteiger partial charge >= 0.3 is 6.03 Å². The fraction of sp³-hybridized carbons (Fsp3) is 0.292. The first-order chi connectivity index (χ1) is 16.3. The van der Waals surface area contributed by atoms with E-state index in [0.717, 1.165) is 22.6 Å². The Morgan fingerprint density at radius 2 is 1.79 bits per heavy atom. The van der Waals surface area contributed by atoms with Crippen molar-refractivity contribution in [3.05, 3.63) is 87.1 Å². The molecule has 2 aromatic carbocycles. The van der Waals surface area contributed by atoms with Crippen LogP contribution in [-0.4, -0.2) is 52.0 Å². The van der Waals surface area contributed by atoms with Gasteiger partial charge in [-0.05, 0) is 43.7 Å². The number of carbonyl (C=O) groups excluding carboxylic acids is 1. The van der Waals surface area contributed by atoms with Gasteiger partial charge in [0.25, 0.3) is 5.69 Å². The molecule has 10 heteroatoms. The van der Waals surface area contributed by atoms with Gasteiger partial charge < -0.3 is 15.1 Å². The third-order valence-corrected chi connectivity index (χ3v) is 5.77. The average Bonchev–Trinajstić information content (AvgIpc) is 2.81. The van der Waals surface area contributed by atoms with Gasteiger partial charge in [-0.15, -0.1) is 0 Å². The third-order valence-electron chi connectivity index (χ3n) is 5.77. The van der Waals surface area contributed by atoms with Crippen molar-refractivity contribution in [1.29, 1.82) is 0 Å². The molecule has 1 aliphatic heterocycles. The number of urea groups is 1. The summed E-state index contributed by atoms with van der Waals surface area (Å²) in [5.41, 5.74) is 3.11. The molecule has 0 radical (unpaired) electrons. The maximum absolute atomic E-state index is 13.7. The lowest BCUT2D eigenvalue weighted by Gasteiger charge is -2.36. The standard InChI is InChI=1S/C24H25FN6O3/c1-16-22(15-18-4-3-5-19(25)14-18)23(27-17(2)26-16)29-10-12-30(13-11-29)24(32)28-20-6-8-21(9-7-20)31(33)34/h3-9,14H,10-13,15H2,1-2H3,(H,28,32). The summed E-state index contributed by atoms with van der Waals surface area (Å²) >= 11 is 0. The van der Waals surface area contributed by atoms with Crippen molar-refractivity contribution < 1.29 is 14.1 Å². The first-order valence-electron chi connectivity index (χ1n) is 10.9. The smallest absolute Gasteiger partial charge is 0.321 e. The number of nitrogens with zero attached hydrogens (tertiary/aromatic N) is 5. The van der Waals surface area contributed by atoms with Crippen LogP contribution in [0.3, 0.4) is 0 Å². The summed E-state index contributed by atoms with van der Waals surface area (Å²) in [6.45, 7) is 5.91. The van der Waals surface area contributed by atoms with Crippen LogP contribution in [0.4, 0.5) is 26.4 Å². The molecule has 2 heterocycles. The van der Waals surface area contributed by atoms with Gasteiger partial charge in [0.1, 0.15) is 17.5 Å². The van der Waals surface area contributed by atoms with E-state index in [4.69, 9.17) is 0 Å². The zero-order valence-electron chi connectivity index (χ0n) is 19.0. The van der Waals surface area contributed by atoms with E-state index in [0.29, 0.717) is 44.1 Å². The molecule has 34 heavy (non-hydrogen) atoms. The van der Waals surface area contributed by atoms with Crippen molar-refractivity contribution in [1.82, 2.24) is 14.9 Å². The number of aromatic nitrogens is 2. The molecule has 1 saturated heterocycles. The highest BCUT2D eigenvalue weighted by Crippen LogP contribution is 2.25. The number of nitrogens with one attached hydrogen (secondary N) is 1. The van der Waals surface area contributed by atoms with Crippen molar-refractivity contribution >= 4 is 23.2 Å². The summed E-state index contributed by atoms with van der Waals surface area (Å²) in [6, 6.07) is 12.0. The summed E-state index contributed by atoms with van der Waals surface area (Å²) in [5, 5.41) is 13.6. The zero-order chi connectivity index (χ0) is 24.2. The van der Waals surface area contributed by atoms with Gasteiger partial charge in [-0.25, -0.2) is 19.2 Å². The number of anilines is 2. The van der Waals surface area contributed by atoms with Crippen molar-refractivity contribution in [3.63, 3.8) is 0 Å². The van der Waals surface area contributed by atoms with E-state index in [1.807, 2.05) is 19.9 Å². The van der Waals surface area contributed by atoms with Crippen LogP contribution in [-0.2, 0) is 6.42 Å². The molecule has 0 spiro atoms. The zero-order valence-corrected chi connectivity index (χ0v) is 19.0. The molecule has 0 bridgehead atoms. The van der Waals surface area contributed by atoms with Gasteiger partial charge in [-0.2, -0.15) is 0 Å². The number of aryl methyl sites for hydroxylation is 2. The molecule has 2 amide bonds. The molecule has 1 fully saturated rings. The fourth-order valence-corrected chi connectivity index (χ4v) is 4.03. The molecule has 176 valence electrons. The van der Waals surface area contributed by atoms with Crippen molar-refractivity contribution in [2.75, 3.05) is 36.4 Å². The molecular weight excluding hydrogens is 439 g/mol. The predicted molar refractivity (Wildman–Crippen MR) is 127 cm³/mol.